The second kappa shape index (κ2) is 7.11. The Labute approximate surface area is 140 Å². The molecule has 0 N–H and O–H groups in total. The van der Waals surface area contributed by atoms with Gasteiger partial charge in [-0.3, -0.25) is 0 Å². The minimum Gasteiger partial charge on any atom is -0.309 e. The predicted molar refractivity (Wildman–Crippen MR) is 96.4 cm³/mol. The van der Waals surface area contributed by atoms with E-state index in [0.717, 1.165) is 39.4 Å². The highest BCUT2D eigenvalue weighted by Gasteiger charge is 2.10. The van der Waals surface area contributed by atoms with E-state index in [2.05, 4.69) is 31.1 Å². The van der Waals surface area contributed by atoms with Crippen LogP contribution in [0.4, 0.5) is 4.39 Å². The summed E-state index contributed by atoms with van der Waals surface area (Å²) in [5, 5.41) is 2.10. The summed E-state index contributed by atoms with van der Waals surface area (Å²) in [5.74, 6) is 0.747. The molecule has 0 radical (unpaired) electrons. The van der Waals surface area contributed by atoms with E-state index in [1.165, 1.54) is 12.1 Å². The van der Waals surface area contributed by atoms with Crippen LogP contribution < -0.4 is 0 Å². The number of aromatic nitrogens is 1. The third kappa shape index (κ3) is 3.89. The zero-order valence-corrected chi connectivity index (χ0v) is 14.1. The zero-order chi connectivity index (χ0) is 16.2. The van der Waals surface area contributed by atoms with Crippen LogP contribution in [0.3, 0.4) is 0 Å². The van der Waals surface area contributed by atoms with Gasteiger partial charge in [-0.25, -0.2) is 9.37 Å². The zero-order valence-electron chi connectivity index (χ0n) is 13.3. The number of fused-ring (bicyclic) bond motifs is 1. The van der Waals surface area contributed by atoms with Crippen molar-refractivity contribution in [3.8, 4) is 11.1 Å². The van der Waals surface area contributed by atoms with Crippen LogP contribution in [0, 0.1) is 5.82 Å². The standard InChI is InChI=1S/C19H19FN2S/c1-22(2)11-12-23-19-17(14-7-9-16(20)10-8-14)13-15-5-3-4-6-18(15)21-19/h3-10,13H,11-12H2,1-2H3. The van der Waals surface area contributed by atoms with Gasteiger partial charge in [0.25, 0.3) is 0 Å². The first-order valence-electron chi connectivity index (χ1n) is 7.57. The van der Waals surface area contributed by atoms with Crippen LogP contribution in [0.2, 0.25) is 0 Å². The van der Waals surface area contributed by atoms with Gasteiger partial charge in [-0.05, 0) is 43.9 Å². The van der Waals surface area contributed by atoms with Gasteiger partial charge < -0.3 is 4.90 Å². The quantitative estimate of drug-likeness (QED) is 0.633. The highest BCUT2D eigenvalue weighted by Crippen LogP contribution is 2.32. The largest absolute Gasteiger partial charge is 0.309 e. The molecule has 0 unspecified atom stereocenters. The van der Waals surface area contributed by atoms with E-state index in [1.54, 1.807) is 11.8 Å². The number of hydrogen-bond donors (Lipinski definition) is 0. The summed E-state index contributed by atoms with van der Waals surface area (Å²) in [6, 6.07) is 16.9. The van der Waals surface area contributed by atoms with Crippen molar-refractivity contribution >= 4 is 22.7 Å². The molecule has 1 aromatic heterocycles. The fourth-order valence-electron chi connectivity index (χ4n) is 2.37. The minimum atomic E-state index is -0.218. The van der Waals surface area contributed by atoms with E-state index in [-0.39, 0.29) is 5.82 Å². The van der Waals surface area contributed by atoms with E-state index < -0.39 is 0 Å². The fraction of sp³-hybridized carbons (Fsp3) is 0.211. The summed E-state index contributed by atoms with van der Waals surface area (Å²) >= 11 is 1.74. The lowest BCUT2D eigenvalue weighted by Gasteiger charge is -2.13. The van der Waals surface area contributed by atoms with Crippen LogP contribution in [0.1, 0.15) is 0 Å². The topological polar surface area (TPSA) is 16.1 Å². The average molecular weight is 326 g/mol. The number of thioether (sulfide) groups is 1. The molecule has 3 aromatic rings. The Hall–Kier alpha value is -1.91. The normalized spacial score (nSPS) is 11.3. The van der Waals surface area contributed by atoms with Crippen molar-refractivity contribution in [2.24, 2.45) is 0 Å². The van der Waals surface area contributed by atoms with Crippen LogP contribution >= 0.6 is 11.8 Å². The Morgan fingerprint density at radius 1 is 1.04 bits per heavy atom. The SMILES string of the molecule is CN(C)CCSc1nc2ccccc2cc1-c1ccc(F)cc1. The summed E-state index contributed by atoms with van der Waals surface area (Å²) in [6.45, 7) is 0.988. The van der Waals surface area contributed by atoms with Crippen LogP contribution in [-0.2, 0) is 0 Å². The second-order valence-electron chi connectivity index (χ2n) is 5.69. The molecule has 118 valence electrons. The molecule has 0 bridgehead atoms. The first-order chi connectivity index (χ1) is 11.1. The Balaban J connectivity index is 2.03. The number of halogens is 1. The third-order valence-electron chi connectivity index (χ3n) is 3.62. The number of rotatable bonds is 5. The molecule has 1 heterocycles. The van der Waals surface area contributed by atoms with E-state index >= 15 is 0 Å². The molecule has 23 heavy (non-hydrogen) atoms. The van der Waals surface area contributed by atoms with Gasteiger partial charge in [0.2, 0.25) is 0 Å². The van der Waals surface area contributed by atoms with Gasteiger partial charge in [0.1, 0.15) is 10.8 Å². The maximum Gasteiger partial charge on any atom is 0.123 e. The molecule has 2 aromatic carbocycles. The second-order valence-corrected chi connectivity index (χ2v) is 6.78. The molecule has 0 aliphatic heterocycles. The van der Waals surface area contributed by atoms with Gasteiger partial charge in [0, 0.05) is 23.2 Å². The summed E-state index contributed by atoms with van der Waals surface area (Å²) in [7, 11) is 4.13. The lowest BCUT2D eigenvalue weighted by molar-refractivity contribution is 0.437. The number of para-hydroxylation sites is 1. The smallest absolute Gasteiger partial charge is 0.123 e. The molecule has 2 nitrogen and oxygen atoms in total. The average Bonchev–Trinajstić information content (AvgIpc) is 2.55. The molecule has 0 saturated carbocycles. The fourth-order valence-corrected chi connectivity index (χ4v) is 3.51. The lowest BCUT2D eigenvalue weighted by atomic mass is 10.1. The van der Waals surface area contributed by atoms with Gasteiger partial charge in [0.05, 0.1) is 5.52 Å². The maximum absolute atomic E-state index is 13.2. The van der Waals surface area contributed by atoms with Crippen molar-refractivity contribution < 1.29 is 4.39 Å². The summed E-state index contributed by atoms with van der Waals surface area (Å²) in [5.41, 5.74) is 3.05. The molecule has 3 rings (SSSR count). The minimum absolute atomic E-state index is 0.218. The predicted octanol–water partition coefficient (Wildman–Crippen LogP) is 4.69. The summed E-state index contributed by atoms with van der Waals surface area (Å²) in [6.07, 6.45) is 0. The van der Waals surface area contributed by atoms with Gasteiger partial charge in [-0.2, -0.15) is 0 Å². The van der Waals surface area contributed by atoms with E-state index in [0.29, 0.717) is 0 Å². The van der Waals surface area contributed by atoms with Crippen molar-refractivity contribution in [2.75, 3.05) is 26.4 Å². The first-order valence-corrected chi connectivity index (χ1v) is 8.55. The van der Waals surface area contributed by atoms with Crippen molar-refractivity contribution in [2.45, 2.75) is 5.03 Å². The van der Waals surface area contributed by atoms with Crippen molar-refractivity contribution in [1.82, 2.24) is 9.88 Å². The molecule has 0 aliphatic carbocycles. The van der Waals surface area contributed by atoms with Crippen LogP contribution in [0.25, 0.3) is 22.0 Å². The van der Waals surface area contributed by atoms with Crippen LogP contribution in [0.5, 0.6) is 0 Å². The number of nitrogens with zero attached hydrogens (tertiary/aromatic N) is 2. The van der Waals surface area contributed by atoms with Crippen molar-refractivity contribution in [3.63, 3.8) is 0 Å². The molecular formula is C19H19FN2S. The molecule has 0 spiro atoms. The molecule has 4 heteroatoms. The number of benzene rings is 2. The summed E-state index contributed by atoms with van der Waals surface area (Å²) in [4.78, 5) is 6.98. The van der Waals surface area contributed by atoms with Gasteiger partial charge in [-0.15, -0.1) is 11.8 Å². The van der Waals surface area contributed by atoms with Gasteiger partial charge >= 0.3 is 0 Å². The highest BCUT2D eigenvalue weighted by molar-refractivity contribution is 7.99. The Bertz CT molecular complexity index is 800. The van der Waals surface area contributed by atoms with Crippen molar-refractivity contribution in [1.29, 1.82) is 0 Å². The number of hydrogen-bond acceptors (Lipinski definition) is 3. The van der Waals surface area contributed by atoms with E-state index in [1.807, 2.05) is 30.3 Å². The Kier molecular flexibility index (Phi) is 4.94. The molecule has 0 aliphatic rings. The monoisotopic (exact) mass is 326 g/mol. The molecule has 0 fully saturated rings. The highest BCUT2D eigenvalue weighted by atomic mass is 32.2. The van der Waals surface area contributed by atoms with Crippen molar-refractivity contribution in [3.05, 3.63) is 60.4 Å². The van der Waals surface area contributed by atoms with Crippen LogP contribution in [0.15, 0.2) is 59.6 Å². The molecular weight excluding hydrogens is 307 g/mol. The molecule has 0 atom stereocenters. The first kappa shape index (κ1) is 16.0. The van der Waals surface area contributed by atoms with E-state index in [4.69, 9.17) is 4.98 Å². The third-order valence-corrected chi connectivity index (χ3v) is 4.59. The number of pyridine rings is 1. The van der Waals surface area contributed by atoms with Crippen LogP contribution in [-0.4, -0.2) is 36.3 Å². The van der Waals surface area contributed by atoms with Gasteiger partial charge in [-0.1, -0.05) is 30.3 Å². The molecule has 0 amide bonds. The van der Waals surface area contributed by atoms with E-state index in [9.17, 15) is 4.39 Å². The molecule has 0 saturated heterocycles. The Morgan fingerprint density at radius 2 is 1.78 bits per heavy atom. The maximum atomic E-state index is 13.2. The Morgan fingerprint density at radius 3 is 2.52 bits per heavy atom. The van der Waals surface area contributed by atoms with Gasteiger partial charge in [0.15, 0.2) is 0 Å². The summed E-state index contributed by atoms with van der Waals surface area (Å²) < 4.78 is 13.2. The lowest BCUT2D eigenvalue weighted by Crippen LogP contribution is -2.14.